The standard InChI is InChI=1S/C11H9ClFNO/c1-6-9(5-15)14(2)8-4-3-7(12)11(13)10(6)8/h3-5H,1-2H3. The van der Waals surface area contributed by atoms with Crippen LogP contribution in [0.15, 0.2) is 12.1 Å². The molecule has 15 heavy (non-hydrogen) atoms. The lowest BCUT2D eigenvalue weighted by atomic mass is 10.1. The molecule has 1 aromatic carbocycles. The van der Waals surface area contributed by atoms with Crippen LogP contribution < -0.4 is 0 Å². The van der Waals surface area contributed by atoms with Crippen LogP contribution >= 0.6 is 11.6 Å². The normalized spacial score (nSPS) is 10.9. The predicted molar refractivity (Wildman–Crippen MR) is 58.0 cm³/mol. The minimum absolute atomic E-state index is 0.0775. The maximum Gasteiger partial charge on any atom is 0.166 e. The second kappa shape index (κ2) is 3.35. The molecule has 4 heteroatoms. The van der Waals surface area contributed by atoms with E-state index >= 15 is 0 Å². The Hall–Kier alpha value is -1.35. The van der Waals surface area contributed by atoms with Gasteiger partial charge in [0.05, 0.1) is 16.2 Å². The molecule has 0 aliphatic rings. The van der Waals surface area contributed by atoms with Gasteiger partial charge in [-0.3, -0.25) is 4.79 Å². The van der Waals surface area contributed by atoms with Gasteiger partial charge in [0, 0.05) is 12.4 Å². The number of rotatable bonds is 1. The summed E-state index contributed by atoms with van der Waals surface area (Å²) >= 11 is 5.69. The number of aromatic nitrogens is 1. The van der Waals surface area contributed by atoms with Crippen LogP contribution in [-0.2, 0) is 7.05 Å². The van der Waals surface area contributed by atoms with E-state index in [0.29, 0.717) is 22.2 Å². The molecule has 1 heterocycles. The number of hydrogen-bond donors (Lipinski definition) is 0. The molecule has 0 saturated heterocycles. The van der Waals surface area contributed by atoms with Crippen LogP contribution in [0.25, 0.3) is 10.9 Å². The first-order valence-electron chi connectivity index (χ1n) is 4.46. The summed E-state index contributed by atoms with van der Waals surface area (Å²) < 4.78 is 15.4. The van der Waals surface area contributed by atoms with E-state index in [-0.39, 0.29) is 5.02 Å². The molecule has 0 amide bonds. The van der Waals surface area contributed by atoms with Gasteiger partial charge in [0.2, 0.25) is 0 Å². The number of aldehydes is 1. The first kappa shape index (κ1) is 10.2. The average molecular weight is 226 g/mol. The molecule has 0 aliphatic carbocycles. The quantitative estimate of drug-likeness (QED) is 0.684. The molecule has 2 rings (SSSR count). The van der Waals surface area contributed by atoms with Crippen molar-refractivity contribution in [3.05, 3.63) is 34.2 Å². The Labute approximate surface area is 91.3 Å². The van der Waals surface area contributed by atoms with Crippen molar-refractivity contribution >= 4 is 28.8 Å². The Morgan fingerprint density at radius 2 is 2.13 bits per heavy atom. The lowest BCUT2D eigenvalue weighted by molar-refractivity contribution is 0.111. The molecule has 0 unspecified atom stereocenters. The van der Waals surface area contributed by atoms with E-state index in [1.165, 1.54) is 6.07 Å². The van der Waals surface area contributed by atoms with Crippen LogP contribution in [0.1, 0.15) is 16.1 Å². The molecule has 0 bridgehead atoms. The van der Waals surface area contributed by atoms with Crippen LogP contribution in [0.3, 0.4) is 0 Å². The Morgan fingerprint density at radius 3 is 2.73 bits per heavy atom. The van der Waals surface area contributed by atoms with Crippen LogP contribution in [0, 0.1) is 12.7 Å². The van der Waals surface area contributed by atoms with Gasteiger partial charge in [0.1, 0.15) is 0 Å². The van der Waals surface area contributed by atoms with Gasteiger partial charge >= 0.3 is 0 Å². The molecule has 0 radical (unpaired) electrons. The highest BCUT2D eigenvalue weighted by molar-refractivity contribution is 6.31. The fraction of sp³-hybridized carbons (Fsp3) is 0.182. The van der Waals surface area contributed by atoms with Crippen molar-refractivity contribution in [2.45, 2.75) is 6.92 Å². The van der Waals surface area contributed by atoms with E-state index in [2.05, 4.69) is 0 Å². The van der Waals surface area contributed by atoms with Crippen molar-refractivity contribution < 1.29 is 9.18 Å². The van der Waals surface area contributed by atoms with Gasteiger partial charge in [-0.1, -0.05) is 11.6 Å². The zero-order valence-electron chi connectivity index (χ0n) is 8.34. The molecule has 78 valence electrons. The van der Waals surface area contributed by atoms with Crippen molar-refractivity contribution in [2.24, 2.45) is 7.05 Å². The van der Waals surface area contributed by atoms with Gasteiger partial charge in [-0.05, 0) is 24.6 Å². The molecular formula is C11H9ClFNO. The maximum absolute atomic E-state index is 13.7. The van der Waals surface area contributed by atoms with E-state index in [1.807, 2.05) is 0 Å². The summed E-state index contributed by atoms with van der Waals surface area (Å²) in [5.74, 6) is -0.463. The third-order valence-electron chi connectivity index (χ3n) is 2.67. The number of aryl methyl sites for hydroxylation is 2. The second-order valence-corrected chi connectivity index (χ2v) is 3.85. The zero-order chi connectivity index (χ0) is 11.2. The minimum atomic E-state index is -0.463. The Kier molecular flexibility index (Phi) is 2.27. The number of carbonyl (C=O) groups is 1. The second-order valence-electron chi connectivity index (χ2n) is 3.44. The summed E-state index contributed by atoms with van der Waals surface area (Å²) in [5, 5.41) is 0.501. The van der Waals surface area contributed by atoms with E-state index in [9.17, 15) is 9.18 Å². The van der Waals surface area contributed by atoms with Crippen molar-refractivity contribution in [2.75, 3.05) is 0 Å². The van der Waals surface area contributed by atoms with Gasteiger partial charge in [0.15, 0.2) is 12.1 Å². The lowest BCUT2D eigenvalue weighted by Crippen LogP contribution is -1.94. The molecule has 0 spiro atoms. The van der Waals surface area contributed by atoms with Gasteiger partial charge in [0.25, 0.3) is 0 Å². The average Bonchev–Trinajstić information content (AvgIpc) is 2.45. The highest BCUT2D eigenvalue weighted by Crippen LogP contribution is 2.30. The molecule has 0 saturated carbocycles. The number of hydrogen-bond acceptors (Lipinski definition) is 1. The summed E-state index contributed by atoms with van der Waals surface area (Å²) in [5.41, 5.74) is 1.78. The number of fused-ring (bicyclic) bond motifs is 1. The zero-order valence-corrected chi connectivity index (χ0v) is 9.10. The molecular weight excluding hydrogens is 217 g/mol. The molecule has 0 aliphatic heterocycles. The molecule has 0 N–H and O–H groups in total. The molecule has 2 aromatic rings. The van der Waals surface area contributed by atoms with Gasteiger partial charge < -0.3 is 4.57 Å². The van der Waals surface area contributed by atoms with E-state index in [1.54, 1.807) is 24.6 Å². The van der Waals surface area contributed by atoms with Crippen LogP contribution in [0.4, 0.5) is 4.39 Å². The SMILES string of the molecule is Cc1c(C=O)n(C)c2ccc(Cl)c(F)c12. The van der Waals surface area contributed by atoms with E-state index in [4.69, 9.17) is 11.6 Å². The fourth-order valence-electron chi connectivity index (χ4n) is 1.85. The summed E-state index contributed by atoms with van der Waals surface area (Å²) in [6.07, 6.45) is 0.725. The Bertz CT molecular complexity index is 559. The summed E-state index contributed by atoms with van der Waals surface area (Å²) in [4.78, 5) is 10.8. The number of benzene rings is 1. The minimum Gasteiger partial charge on any atom is -0.341 e. The van der Waals surface area contributed by atoms with E-state index < -0.39 is 5.82 Å². The number of nitrogens with zero attached hydrogens (tertiary/aromatic N) is 1. The van der Waals surface area contributed by atoms with Crippen molar-refractivity contribution in [3.63, 3.8) is 0 Å². The molecule has 0 fully saturated rings. The molecule has 2 nitrogen and oxygen atoms in total. The van der Waals surface area contributed by atoms with Crippen LogP contribution in [0.2, 0.25) is 5.02 Å². The van der Waals surface area contributed by atoms with Gasteiger partial charge in [-0.25, -0.2) is 4.39 Å². The highest BCUT2D eigenvalue weighted by atomic mass is 35.5. The summed E-state index contributed by atoms with van der Waals surface area (Å²) in [6, 6.07) is 3.20. The Balaban J connectivity index is 3.02. The highest BCUT2D eigenvalue weighted by Gasteiger charge is 2.16. The predicted octanol–water partition coefficient (Wildman–Crippen LogP) is 3.09. The topological polar surface area (TPSA) is 22.0 Å². The maximum atomic E-state index is 13.7. The lowest BCUT2D eigenvalue weighted by Gasteiger charge is -1.99. The third-order valence-corrected chi connectivity index (χ3v) is 2.96. The first-order valence-corrected chi connectivity index (χ1v) is 4.84. The monoisotopic (exact) mass is 225 g/mol. The summed E-state index contributed by atoms with van der Waals surface area (Å²) in [7, 11) is 1.73. The van der Waals surface area contributed by atoms with Crippen molar-refractivity contribution in [1.29, 1.82) is 0 Å². The molecule has 0 atom stereocenters. The van der Waals surface area contributed by atoms with Gasteiger partial charge in [-0.15, -0.1) is 0 Å². The molecule has 1 aromatic heterocycles. The van der Waals surface area contributed by atoms with Crippen molar-refractivity contribution in [3.8, 4) is 0 Å². The smallest absolute Gasteiger partial charge is 0.166 e. The van der Waals surface area contributed by atoms with Crippen molar-refractivity contribution in [1.82, 2.24) is 4.57 Å². The number of halogens is 2. The number of carbonyl (C=O) groups excluding carboxylic acids is 1. The first-order chi connectivity index (χ1) is 7.07. The van der Waals surface area contributed by atoms with E-state index in [0.717, 1.165) is 6.29 Å². The van der Waals surface area contributed by atoms with Crippen LogP contribution in [-0.4, -0.2) is 10.9 Å². The summed E-state index contributed by atoms with van der Waals surface area (Å²) in [6.45, 7) is 1.71. The fourth-order valence-corrected chi connectivity index (χ4v) is 2.01. The van der Waals surface area contributed by atoms with Gasteiger partial charge in [-0.2, -0.15) is 0 Å². The Morgan fingerprint density at radius 1 is 1.47 bits per heavy atom. The van der Waals surface area contributed by atoms with Crippen LogP contribution in [0.5, 0.6) is 0 Å². The third kappa shape index (κ3) is 1.27. The largest absolute Gasteiger partial charge is 0.341 e.